The van der Waals surface area contributed by atoms with E-state index in [4.69, 9.17) is 11.5 Å². The normalized spacial score (nSPS) is 10.4. The number of pyridine rings is 1. The number of aromatic nitrogens is 3. The molecule has 0 aliphatic heterocycles. The highest BCUT2D eigenvalue weighted by Crippen LogP contribution is 2.13. The second-order valence-corrected chi connectivity index (χ2v) is 6.26. The highest BCUT2D eigenvalue weighted by molar-refractivity contribution is 5.96. The molecular weight excluding hydrogens is 358 g/mol. The minimum absolute atomic E-state index is 0.143. The fourth-order valence-electron chi connectivity index (χ4n) is 2.84. The maximum atomic E-state index is 12.7. The first kappa shape index (κ1) is 18.9. The highest BCUT2D eigenvalue weighted by atomic mass is 16.4. The Bertz CT molecular complexity index is 1160. The molecule has 0 radical (unpaired) electrons. The minimum atomic E-state index is -1.01. The number of aromatic carboxylic acids is 1. The molecule has 0 spiro atoms. The quantitative estimate of drug-likeness (QED) is 0.525. The first-order valence-electron chi connectivity index (χ1n) is 8.44. The lowest BCUT2D eigenvalue weighted by Gasteiger charge is -2.08. The summed E-state index contributed by atoms with van der Waals surface area (Å²) in [4.78, 5) is 35.7. The summed E-state index contributed by atoms with van der Waals surface area (Å²) < 4.78 is 2.89. The summed E-state index contributed by atoms with van der Waals surface area (Å²) in [6.07, 6.45) is 8.26. The van der Waals surface area contributed by atoms with Gasteiger partial charge in [0.1, 0.15) is 0 Å². The van der Waals surface area contributed by atoms with Crippen molar-refractivity contribution < 1.29 is 14.7 Å². The van der Waals surface area contributed by atoms with Crippen LogP contribution in [-0.2, 0) is 13.1 Å². The summed E-state index contributed by atoms with van der Waals surface area (Å²) in [6, 6.07) is 9.38. The number of ketones is 1. The smallest absolute Gasteiger partial charge is 0.335 e. The van der Waals surface area contributed by atoms with Crippen LogP contribution in [0.2, 0.25) is 0 Å². The molecule has 1 aromatic carbocycles. The Hall–Kier alpha value is -3.92. The van der Waals surface area contributed by atoms with E-state index in [1.807, 2.05) is 0 Å². The van der Waals surface area contributed by atoms with E-state index in [0.29, 0.717) is 23.4 Å². The average molecular weight is 375 g/mol. The van der Waals surface area contributed by atoms with Gasteiger partial charge in [-0.15, -0.1) is 6.42 Å². The number of carbonyl (C=O) groups is 2. The number of Topliss-reactive ketones (excluding diaryl/α,β-unsaturated/α-hetero) is 1. The van der Waals surface area contributed by atoms with Crippen molar-refractivity contribution in [3.63, 3.8) is 0 Å². The second-order valence-electron chi connectivity index (χ2n) is 6.26. The van der Waals surface area contributed by atoms with Gasteiger partial charge in [0, 0.05) is 23.5 Å². The molecule has 0 amide bonds. The highest BCUT2D eigenvalue weighted by Gasteiger charge is 2.16. The lowest BCUT2D eigenvalue weighted by Crippen LogP contribution is -2.23. The van der Waals surface area contributed by atoms with Crippen LogP contribution in [-0.4, -0.2) is 31.2 Å². The van der Waals surface area contributed by atoms with Gasteiger partial charge in [0.15, 0.2) is 5.78 Å². The average Bonchev–Trinajstić information content (AvgIpc) is 3.04. The molecule has 28 heavy (non-hydrogen) atoms. The molecule has 0 aliphatic carbocycles. The molecule has 0 unspecified atom stereocenters. The molecule has 1 N–H and O–H groups in total. The zero-order valence-electron chi connectivity index (χ0n) is 15.1. The van der Waals surface area contributed by atoms with Gasteiger partial charge in [0.25, 0.3) is 5.56 Å². The fourth-order valence-corrected chi connectivity index (χ4v) is 2.84. The number of carboxylic acid groups (broad SMARTS) is 1. The molecule has 7 heteroatoms. The largest absolute Gasteiger partial charge is 0.478 e. The van der Waals surface area contributed by atoms with E-state index in [1.54, 1.807) is 29.8 Å². The number of terminal acetylenes is 1. The molecule has 2 heterocycles. The van der Waals surface area contributed by atoms with Crippen LogP contribution >= 0.6 is 0 Å². The third kappa shape index (κ3) is 3.91. The molecule has 0 fully saturated rings. The van der Waals surface area contributed by atoms with E-state index in [-0.39, 0.29) is 23.5 Å². The predicted octanol–water partition coefficient (Wildman–Crippen LogP) is 1.96. The number of nitrogens with zero attached hydrogens (tertiary/aromatic N) is 3. The van der Waals surface area contributed by atoms with Crippen molar-refractivity contribution in [2.75, 3.05) is 0 Å². The van der Waals surface area contributed by atoms with Crippen LogP contribution in [0.4, 0.5) is 0 Å². The molecule has 0 saturated carbocycles. The topological polar surface area (TPSA) is 94.2 Å². The van der Waals surface area contributed by atoms with E-state index < -0.39 is 5.97 Å². The first-order valence-corrected chi connectivity index (χ1v) is 8.44. The Kier molecular flexibility index (Phi) is 5.23. The third-order valence-corrected chi connectivity index (χ3v) is 4.37. The maximum Gasteiger partial charge on any atom is 0.335 e. The van der Waals surface area contributed by atoms with Gasteiger partial charge in [-0.05, 0) is 30.7 Å². The van der Waals surface area contributed by atoms with E-state index in [1.165, 1.54) is 35.2 Å². The van der Waals surface area contributed by atoms with E-state index >= 15 is 0 Å². The fraction of sp³-hybridized carbons (Fsp3) is 0.143. The zero-order valence-corrected chi connectivity index (χ0v) is 15.1. The van der Waals surface area contributed by atoms with Crippen LogP contribution in [0.5, 0.6) is 0 Å². The summed E-state index contributed by atoms with van der Waals surface area (Å²) >= 11 is 0. The van der Waals surface area contributed by atoms with E-state index in [9.17, 15) is 14.4 Å². The SMILES string of the molecule is C#Cc1ccc(=O)n(CC(=O)c2cnn(Cc3cccc(C(=O)O)c3)c2C)c1. The Morgan fingerprint density at radius 1 is 1.25 bits per heavy atom. The summed E-state index contributed by atoms with van der Waals surface area (Å²) in [7, 11) is 0. The Balaban J connectivity index is 1.82. The molecule has 0 saturated heterocycles. The molecule has 3 aromatic rings. The lowest BCUT2D eigenvalue weighted by atomic mass is 10.1. The van der Waals surface area contributed by atoms with Crippen LogP contribution in [0, 0.1) is 19.3 Å². The van der Waals surface area contributed by atoms with Gasteiger partial charge >= 0.3 is 5.97 Å². The number of carboxylic acids is 1. The molecule has 7 nitrogen and oxygen atoms in total. The molecule has 140 valence electrons. The van der Waals surface area contributed by atoms with Gasteiger partial charge in [-0.1, -0.05) is 18.1 Å². The van der Waals surface area contributed by atoms with Crippen LogP contribution in [0.1, 0.15) is 37.5 Å². The van der Waals surface area contributed by atoms with Crippen LogP contribution in [0.25, 0.3) is 0 Å². The maximum absolute atomic E-state index is 12.7. The van der Waals surface area contributed by atoms with E-state index in [2.05, 4.69) is 11.0 Å². The molecule has 3 rings (SSSR count). The number of rotatable bonds is 6. The summed E-state index contributed by atoms with van der Waals surface area (Å²) in [6.45, 7) is 1.93. The van der Waals surface area contributed by atoms with Crippen LogP contribution < -0.4 is 5.56 Å². The van der Waals surface area contributed by atoms with Gasteiger partial charge in [0.05, 0.1) is 30.4 Å². The monoisotopic (exact) mass is 375 g/mol. The van der Waals surface area contributed by atoms with Gasteiger partial charge in [0.2, 0.25) is 0 Å². The molecule has 2 aromatic heterocycles. The van der Waals surface area contributed by atoms with Crippen molar-refractivity contribution in [2.45, 2.75) is 20.0 Å². The number of hydrogen-bond acceptors (Lipinski definition) is 4. The Labute approximate surface area is 160 Å². The summed E-state index contributed by atoms with van der Waals surface area (Å²) in [5.41, 5.74) is 2.16. The first-order chi connectivity index (χ1) is 13.4. The predicted molar refractivity (Wildman–Crippen MR) is 102 cm³/mol. The van der Waals surface area contributed by atoms with Crippen molar-refractivity contribution in [3.8, 4) is 12.3 Å². The van der Waals surface area contributed by atoms with Crippen molar-refractivity contribution in [2.24, 2.45) is 0 Å². The summed E-state index contributed by atoms with van der Waals surface area (Å²) in [5, 5.41) is 13.3. The zero-order chi connectivity index (χ0) is 20.3. The Morgan fingerprint density at radius 3 is 2.75 bits per heavy atom. The number of hydrogen-bond donors (Lipinski definition) is 1. The van der Waals surface area contributed by atoms with Gasteiger partial charge < -0.3 is 9.67 Å². The lowest BCUT2D eigenvalue weighted by molar-refractivity contribution is 0.0696. The molecule has 0 aliphatic rings. The van der Waals surface area contributed by atoms with Gasteiger partial charge in [-0.25, -0.2) is 4.79 Å². The van der Waals surface area contributed by atoms with Crippen molar-refractivity contribution >= 4 is 11.8 Å². The molecule has 0 atom stereocenters. The molecule has 0 bridgehead atoms. The second kappa shape index (κ2) is 7.76. The van der Waals surface area contributed by atoms with Gasteiger partial charge in [-0.3, -0.25) is 14.3 Å². The van der Waals surface area contributed by atoms with Gasteiger partial charge in [-0.2, -0.15) is 5.10 Å². The standard InChI is InChI=1S/C21H17N3O4/c1-3-15-7-8-20(26)23(11-15)13-19(25)18-10-22-24(14(18)2)12-16-5-4-6-17(9-16)21(27)28/h1,4-11H,12-13H2,2H3,(H,27,28). The van der Waals surface area contributed by atoms with Crippen LogP contribution in [0.3, 0.4) is 0 Å². The number of benzene rings is 1. The summed E-state index contributed by atoms with van der Waals surface area (Å²) in [5.74, 6) is 1.16. The van der Waals surface area contributed by atoms with Crippen molar-refractivity contribution in [3.05, 3.63) is 87.1 Å². The third-order valence-electron chi connectivity index (χ3n) is 4.37. The minimum Gasteiger partial charge on any atom is -0.478 e. The molecular formula is C21H17N3O4. The van der Waals surface area contributed by atoms with Crippen LogP contribution in [0.15, 0.2) is 53.6 Å². The van der Waals surface area contributed by atoms with Crippen molar-refractivity contribution in [1.29, 1.82) is 0 Å². The van der Waals surface area contributed by atoms with E-state index in [0.717, 1.165) is 5.56 Å². The Morgan fingerprint density at radius 2 is 2.04 bits per heavy atom. The number of carbonyl (C=O) groups excluding carboxylic acids is 1. The van der Waals surface area contributed by atoms with Crippen molar-refractivity contribution in [1.82, 2.24) is 14.3 Å².